The molecule has 4 nitrogen and oxygen atoms in total. The summed E-state index contributed by atoms with van der Waals surface area (Å²) in [5.74, 6) is 0.506. The van der Waals surface area contributed by atoms with E-state index in [1.165, 1.54) is 5.56 Å². The Labute approximate surface area is 151 Å². The minimum absolute atomic E-state index is 0.216. The highest BCUT2D eigenvalue weighted by Crippen LogP contribution is 2.40. The van der Waals surface area contributed by atoms with Crippen LogP contribution < -0.4 is 0 Å². The number of carbonyl (C=O) groups excluding carboxylic acids is 2. The summed E-state index contributed by atoms with van der Waals surface area (Å²) in [6, 6.07) is 10.5. The van der Waals surface area contributed by atoms with E-state index in [1.807, 2.05) is 17.9 Å². The van der Waals surface area contributed by atoms with Crippen LogP contribution in [-0.2, 0) is 16.0 Å². The first-order chi connectivity index (χ1) is 12.1. The number of benzene rings is 1. The molecule has 1 spiro atoms. The number of rotatable bonds is 6. The Kier molecular flexibility index (Phi) is 5.77. The lowest BCUT2D eigenvalue weighted by Gasteiger charge is -2.39. The Morgan fingerprint density at radius 1 is 1.16 bits per heavy atom. The van der Waals surface area contributed by atoms with Crippen molar-refractivity contribution in [1.82, 2.24) is 9.80 Å². The van der Waals surface area contributed by atoms with Gasteiger partial charge in [0.05, 0.1) is 5.41 Å². The molecule has 2 saturated heterocycles. The SMILES string of the molecule is CCCC(=O)N1CC[C@]2(CCCN(CCCc3ccccc3)C2=O)C1. The quantitative estimate of drug-likeness (QED) is 0.796. The number of hydrogen-bond donors (Lipinski definition) is 0. The van der Waals surface area contributed by atoms with Crippen molar-refractivity contribution in [3.05, 3.63) is 35.9 Å². The normalized spacial score (nSPS) is 23.5. The maximum atomic E-state index is 13.1. The number of hydrogen-bond acceptors (Lipinski definition) is 2. The summed E-state index contributed by atoms with van der Waals surface area (Å²) in [4.78, 5) is 29.3. The summed E-state index contributed by atoms with van der Waals surface area (Å²) in [5, 5.41) is 0. The molecule has 0 radical (unpaired) electrons. The second kappa shape index (κ2) is 8.03. The number of amides is 2. The van der Waals surface area contributed by atoms with E-state index in [4.69, 9.17) is 0 Å². The predicted molar refractivity (Wildman–Crippen MR) is 99.1 cm³/mol. The van der Waals surface area contributed by atoms with Crippen LogP contribution in [-0.4, -0.2) is 47.8 Å². The molecular weight excluding hydrogens is 312 g/mol. The fraction of sp³-hybridized carbons (Fsp3) is 0.619. The van der Waals surface area contributed by atoms with E-state index >= 15 is 0 Å². The van der Waals surface area contributed by atoms with Gasteiger partial charge in [0, 0.05) is 32.6 Å². The third-order valence-electron chi connectivity index (χ3n) is 5.73. The van der Waals surface area contributed by atoms with Crippen LogP contribution in [0.3, 0.4) is 0 Å². The highest BCUT2D eigenvalue weighted by atomic mass is 16.2. The van der Waals surface area contributed by atoms with Crippen LogP contribution >= 0.6 is 0 Å². The van der Waals surface area contributed by atoms with Gasteiger partial charge in [-0.25, -0.2) is 0 Å². The molecule has 0 aromatic heterocycles. The maximum Gasteiger partial charge on any atom is 0.230 e. The van der Waals surface area contributed by atoms with Crippen molar-refractivity contribution in [2.24, 2.45) is 5.41 Å². The second-order valence-electron chi connectivity index (χ2n) is 7.58. The summed E-state index contributed by atoms with van der Waals surface area (Å²) in [5.41, 5.74) is 1.04. The highest BCUT2D eigenvalue weighted by Gasteiger charge is 2.48. The van der Waals surface area contributed by atoms with E-state index in [1.54, 1.807) is 0 Å². The lowest BCUT2D eigenvalue weighted by atomic mass is 9.78. The van der Waals surface area contributed by atoms with Gasteiger partial charge in [-0.2, -0.15) is 0 Å². The summed E-state index contributed by atoms with van der Waals surface area (Å²) in [7, 11) is 0. The van der Waals surface area contributed by atoms with Gasteiger partial charge < -0.3 is 9.80 Å². The van der Waals surface area contributed by atoms with Crippen LogP contribution in [0.1, 0.15) is 51.0 Å². The minimum atomic E-state index is -0.297. The van der Waals surface area contributed by atoms with Gasteiger partial charge in [-0.05, 0) is 44.1 Å². The summed E-state index contributed by atoms with van der Waals surface area (Å²) < 4.78 is 0. The van der Waals surface area contributed by atoms with Crippen LogP contribution in [0, 0.1) is 5.41 Å². The van der Waals surface area contributed by atoms with Crippen molar-refractivity contribution in [1.29, 1.82) is 0 Å². The molecule has 25 heavy (non-hydrogen) atoms. The van der Waals surface area contributed by atoms with Crippen LogP contribution in [0.25, 0.3) is 0 Å². The highest BCUT2D eigenvalue weighted by molar-refractivity contribution is 5.86. The molecule has 2 aliphatic heterocycles. The zero-order chi connectivity index (χ0) is 17.7. The van der Waals surface area contributed by atoms with Crippen molar-refractivity contribution < 1.29 is 9.59 Å². The topological polar surface area (TPSA) is 40.6 Å². The molecule has 0 N–H and O–H groups in total. The fourth-order valence-corrected chi connectivity index (χ4v) is 4.32. The van der Waals surface area contributed by atoms with E-state index in [0.717, 1.165) is 58.2 Å². The molecule has 0 unspecified atom stereocenters. The third kappa shape index (κ3) is 4.05. The second-order valence-corrected chi connectivity index (χ2v) is 7.58. The molecule has 2 amide bonds. The van der Waals surface area contributed by atoms with Crippen LogP contribution in [0.4, 0.5) is 0 Å². The number of carbonyl (C=O) groups is 2. The van der Waals surface area contributed by atoms with Gasteiger partial charge in [-0.1, -0.05) is 37.3 Å². The molecule has 0 aliphatic carbocycles. The first kappa shape index (κ1) is 18.0. The lowest BCUT2D eigenvalue weighted by Crippen LogP contribution is -2.50. The molecule has 1 aromatic rings. The van der Waals surface area contributed by atoms with Gasteiger partial charge in [0.2, 0.25) is 11.8 Å². The zero-order valence-corrected chi connectivity index (χ0v) is 15.4. The molecule has 2 fully saturated rings. The number of nitrogens with zero attached hydrogens (tertiary/aromatic N) is 2. The zero-order valence-electron chi connectivity index (χ0n) is 15.4. The van der Waals surface area contributed by atoms with E-state index < -0.39 is 0 Å². The van der Waals surface area contributed by atoms with Gasteiger partial charge in [0.15, 0.2) is 0 Å². The first-order valence-corrected chi connectivity index (χ1v) is 9.76. The summed E-state index contributed by atoms with van der Waals surface area (Å²) in [6.07, 6.45) is 6.34. The van der Waals surface area contributed by atoms with Gasteiger partial charge >= 0.3 is 0 Å². The van der Waals surface area contributed by atoms with Crippen molar-refractivity contribution >= 4 is 11.8 Å². The maximum absolute atomic E-state index is 13.1. The average molecular weight is 342 g/mol. The molecule has 2 aliphatic rings. The van der Waals surface area contributed by atoms with E-state index in [-0.39, 0.29) is 11.3 Å². The molecule has 0 saturated carbocycles. The molecular formula is C21H30N2O2. The predicted octanol–water partition coefficient (Wildman–Crippen LogP) is 3.26. The molecule has 1 atom stereocenters. The Balaban J connectivity index is 1.55. The van der Waals surface area contributed by atoms with Crippen molar-refractivity contribution in [2.75, 3.05) is 26.2 Å². The summed E-state index contributed by atoms with van der Waals surface area (Å²) >= 11 is 0. The standard InChI is InChI=1S/C21H30N2O2/c1-2-8-19(24)23-16-13-21(17-23)12-7-15-22(20(21)25)14-6-11-18-9-4-3-5-10-18/h3-5,9-10H,2,6-8,11-17H2,1H3/t21-/m1/s1. The Morgan fingerprint density at radius 2 is 1.96 bits per heavy atom. The van der Waals surface area contributed by atoms with Crippen LogP contribution in [0.15, 0.2) is 30.3 Å². The first-order valence-electron chi connectivity index (χ1n) is 9.76. The largest absolute Gasteiger partial charge is 0.342 e. The van der Waals surface area contributed by atoms with Gasteiger partial charge in [0.1, 0.15) is 0 Å². The Bertz CT molecular complexity index is 601. The Hall–Kier alpha value is -1.84. The van der Waals surface area contributed by atoms with Gasteiger partial charge in [0.25, 0.3) is 0 Å². The monoisotopic (exact) mass is 342 g/mol. The number of piperidine rings is 1. The molecule has 1 aromatic carbocycles. The van der Waals surface area contributed by atoms with Crippen molar-refractivity contribution in [3.63, 3.8) is 0 Å². The van der Waals surface area contributed by atoms with E-state index in [0.29, 0.717) is 18.9 Å². The van der Waals surface area contributed by atoms with E-state index in [9.17, 15) is 9.59 Å². The third-order valence-corrected chi connectivity index (χ3v) is 5.73. The van der Waals surface area contributed by atoms with Crippen molar-refractivity contribution in [2.45, 2.75) is 51.9 Å². The number of aryl methyl sites for hydroxylation is 1. The van der Waals surface area contributed by atoms with E-state index in [2.05, 4.69) is 29.2 Å². The molecule has 2 heterocycles. The lowest BCUT2D eigenvalue weighted by molar-refractivity contribution is -0.146. The average Bonchev–Trinajstić information content (AvgIpc) is 3.05. The molecule has 4 heteroatoms. The molecule has 0 bridgehead atoms. The van der Waals surface area contributed by atoms with Crippen LogP contribution in [0.5, 0.6) is 0 Å². The minimum Gasteiger partial charge on any atom is -0.342 e. The Morgan fingerprint density at radius 3 is 2.72 bits per heavy atom. The molecule has 3 rings (SSSR count). The molecule has 136 valence electrons. The van der Waals surface area contributed by atoms with Crippen LogP contribution in [0.2, 0.25) is 0 Å². The van der Waals surface area contributed by atoms with Gasteiger partial charge in [-0.3, -0.25) is 9.59 Å². The van der Waals surface area contributed by atoms with Gasteiger partial charge in [-0.15, -0.1) is 0 Å². The fourth-order valence-electron chi connectivity index (χ4n) is 4.32. The number of likely N-dealkylation sites (tertiary alicyclic amines) is 2. The van der Waals surface area contributed by atoms with Crippen molar-refractivity contribution in [3.8, 4) is 0 Å². The smallest absolute Gasteiger partial charge is 0.230 e. The summed E-state index contributed by atoms with van der Waals surface area (Å²) in [6.45, 7) is 5.13.